The zero-order chi connectivity index (χ0) is 14.4. The fraction of sp³-hybridized carbons (Fsp3) is 0.188. The number of thiophene rings is 1. The van der Waals surface area contributed by atoms with Gasteiger partial charge in [-0.1, -0.05) is 24.3 Å². The summed E-state index contributed by atoms with van der Waals surface area (Å²) in [6, 6.07) is 9.81. The summed E-state index contributed by atoms with van der Waals surface area (Å²) in [5, 5.41) is 10.8. The minimum Gasteiger partial charge on any atom is -0.492 e. The van der Waals surface area contributed by atoms with Crippen molar-refractivity contribution in [2.24, 2.45) is 0 Å². The molecule has 1 heterocycles. The van der Waals surface area contributed by atoms with Crippen molar-refractivity contribution in [2.75, 3.05) is 6.61 Å². The highest BCUT2D eigenvalue weighted by Crippen LogP contribution is 2.25. The Balaban J connectivity index is 2.07. The molecule has 3 nitrogen and oxygen atoms in total. The molecule has 0 amide bonds. The van der Waals surface area contributed by atoms with Gasteiger partial charge in [-0.25, -0.2) is 4.79 Å². The van der Waals surface area contributed by atoms with E-state index in [1.165, 1.54) is 4.88 Å². The van der Waals surface area contributed by atoms with E-state index in [-0.39, 0.29) is 0 Å². The summed E-state index contributed by atoms with van der Waals surface area (Å²) in [6.45, 7) is 2.54. The van der Waals surface area contributed by atoms with Crippen molar-refractivity contribution in [2.45, 2.75) is 13.3 Å². The van der Waals surface area contributed by atoms with Gasteiger partial charge in [-0.15, -0.1) is 11.3 Å². The van der Waals surface area contributed by atoms with Gasteiger partial charge in [0.1, 0.15) is 5.75 Å². The largest absolute Gasteiger partial charge is 0.492 e. The number of aliphatic carboxylic acids is 1. The molecule has 0 radical (unpaired) electrons. The summed E-state index contributed by atoms with van der Waals surface area (Å²) in [5.74, 6) is -0.211. The molecule has 4 heteroatoms. The summed E-state index contributed by atoms with van der Waals surface area (Å²) >= 11 is 1.71. The molecule has 1 N–H and O–H groups in total. The molecule has 2 aromatic rings. The zero-order valence-electron chi connectivity index (χ0n) is 11.2. The highest BCUT2D eigenvalue weighted by Gasteiger charge is 2.05. The van der Waals surface area contributed by atoms with Gasteiger partial charge in [0.25, 0.3) is 0 Å². The molecular weight excluding hydrogens is 272 g/mol. The lowest BCUT2D eigenvalue weighted by atomic mass is 10.1. The van der Waals surface area contributed by atoms with E-state index >= 15 is 0 Å². The number of aryl methyl sites for hydroxylation is 1. The van der Waals surface area contributed by atoms with E-state index in [9.17, 15) is 4.79 Å². The Labute approximate surface area is 122 Å². The first-order valence-electron chi connectivity index (χ1n) is 6.32. The van der Waals surface area contributed by atoms with Crippen LogP contribution in [-0.4, -0.2) is 17.7 Å². The number of carboxylic acid groups (broad SMARTS) is 1. The van der Waals surface area contributed by atoms with Gasteiger partial charge in [0, 0.05) is 22.9 Å². The predicted molar refractivity (Wildman–Crippen MR) is 81.4 cm³/mol. The minimum atomic E-state index is -0.962. The van der Waals surface area contributed by atoms with E-state index in [2.05, 4.69) is 6.07 Å². The lowest BCUT2D eigenvalue weighted by Crippen LogP contribution is -2.03. The van der Waals surface area contributed by atoms with E-state index in [1.54, 1.807) is 17.4 Å². The molecule has 1 aromatic carbocycles. The van der Waals surface area contributed by atoms with Crippen LogP contribution in [0.4, 0.5) is 0 Å². The van der Waals surface area contributed by atoms with E-state index in [4.69, 9.17) is 9.84 Å². The maximum absolute atomic E-state index is 10.6. The minimum absolute atomic E-state index is 0.583. The van der Waals surface area contributed by atoms with Crippen LogP contribution in [0.15, 0.2) is 41.8 Å². The molecule has 0 unspecified atom stereocenters. The summed E-state index contributed by atoms with van der Waals surface area (Å²) in [5.41, 5.74) is 1.79. The second-order valence-corrected chi connectivity index (χ2v) is 5.37. The molecule has 0 aliphatic heterocycles. The van der Waals surface area contributed by atoms with Crippen molar-refractivity contribution in [3.8, 4) is 5.75 Å². The molecule has 20 heavy (non-hydrogen) atoms. The average Bonchev–Trinajstić information content (AvgIpc) is 2.92. The smallest absolute Gasteiger partial charge is 0.328 e. The van der Waals surface area contributed by atoms with Crippen molar-refractivity contribution in [1.82, 2.24) is 0 Å². The summed E-state index contributed by atoms with van der Waals surface area (Å²) in [6.07, 6.45) is 3.55. The number of hydrogen-bond acceptors (Lipinski definition) is 3. The van der Waals surface area contributed by atoms with Gasteiger partial charge >= 0.3 is 5.97 Å². The van der Waals surface area contributed by atoms with E-state index in [0.29, 0.717) is 6.61 Å². The number of hydrogen-bond donors (Lipinski definition) is 1. The standard InChI is InChI=1S/C16H16O3S/c1-12-4-2-5-13(7-8-15(17)18)16(12)19-10-9-14-6-3-11-20-14/h2-8,11H,9-10H2,1H3,(H,17,18)/b8-7+. The summed E-state index contributed by atoms with van der Waals surface area (Å²) in [4.78, 5) is 11.9. The third-order valence-electron chi connectivity index (χ3n) is 2.82. The molecular formula is C16H16O3S. The fourth-order valence-electron chi connectivity index (χ4n) is 1.87. The molecule has 1 aromatic heterocycles. The SMILES string of the molecule is Cc1cccc(/C=C/C(=O)O)c1OCCc1cccs1. The van der Waals surface area contributed by atoms with Gasteiger partial charge in [-0.3, -0.25) is 0 Å². The summed E-state index contributed by atoms with van der Waals surface area (Å²) in [7, 11) is 0. The van der Waals surface area contributed by atoms with E-state index in [1.807, 2.05) is 36.6 Å². The Morgan fingerprint density at radius 3 is 2.90 bits per heavy atom. The van der Waals surface area contributed by atoms with Gasteiger partial charge in [0.2, 0.25) is 0 Å². The number of carbonyl (C=O) groups is 1. The summed E-state index contributed by atoms with van der Waals surface area (Å²) < 4.78 is 5.84. The van der Waals surface area contributed by atoms with Crippen molar-refractivity contribution >= 4 is 23.4 Å². The number of benzene rings is 1. The number of para-hydroxylation sites is 1. The van der Waals surface area contributed by atoms with Crippen molar-refractivity contribution in [3.05, 3.63) is 57.8 Å². The first-order chi connectivity index (χ1) is 9.66. The fourth-order valence-corrected chi connectivity index (χ4v) is 2.56. The first kappa shape index (κ1) is 14.3. The number of carboxylic acids is 1. The molecule has 0 atom stereocenters. The van der Waals surface area contributed by atoms with Gasteiger partial charge in [-0.2, -0.15) is 0 Å². The van der Waals surface area contributed by atoms with Crippen LogP contribution in [-0.2, 0) is 11.2 Å². The third kappa shape index (κ3) is 3.96. The molecule has 0 saturated heterocycles. The molecule has 0 bridgehead atoms. The van der Waals surface area contributed by atoms with E-state index < -0.39 is 5.97 Å². The van der Waals surface area contributed by atoms with Crippen molar-refractivity contribution < 1.29 is 14.6 Å². The molecule has 0 aliphatic carbocycles. The molecule has 0 aliphatic rings. The van der Waals surface area contributed by atoms with Crippen LogP contribution < -0.4 is 4.74 Å². The first-order valence-corrected chi connectivity index (χ1v) is 7.20. The lowest BCUT2D eigenvalue weighted by Gasteiger charge is -2.11. The molecule has 104 valence electrons. The Morgan fingerprint density at radius 2 is 2.20 bits per heavy atom. The van der Waals surface area contributed by atoms with Crippen molar-refractivity contribution in [3.63, 3.8) is 0 Å². The topological polar surface area (TPSA) is 46.5 Å². The monoisotopic (exact) mass is 288 g/mol. The Hall–Kier alpha value is -2.07. The zero-order valence-corrected chi connectivity index (χ0v) is 12.0. The number of ether oxygens (including phenoxy) is 1. The van der Waals surface area contributed by atoms with Gasteiger partial charge in [-0.05, 0) is 30.0 Å². The Bertz CT molecular complexity index is 600. The van der Waals surface area contributed by atoms with Crippen molar-refractivity contribution in [1.29, 1.82) is 0 Å². The Kier molecular flexibility index (Phi) is 4.96. The highest BCUT2D eigenvalue weighted by atomic mass is 32.1. The number of rotatable bonds is 6. The average molecular weight is 288 g/mol. The van der Waals surface area contributed by atoms with Crippen LogP contribution in [0, 0.1) is 6.92 Å². The second-order valence-electron chi connectivity index (χ2n) is 4.34. The van der Waals surface area contributed by atoms with Crippen LogP contribution in [0.2, 0.25) is 0 Å². The van der Waals surface area contributed by atoms with Crippen LogP contribution in [0.25, 0.3) is 6.08 Å². The molecule has 0 saturated carbocycles. The maximum Gasteiger partial charge on any atom is 0.328 e. The van der Waals surface area contributed by atoms with E-state index in [0.717, 1.165) is 29.4 Å². The predicted octanol–water partition coefficient (Wildman–Crippen LogP) is 3.78. The quantitative estimate of drug-likeness (QED) is 0.823. The maximum atomic E-state index is 10.6. The van der Waals surface area contributed by atoms with Gasteiger partial charge < -0.3 is 9.84 Å². The normalized spacial score (nSPS) is 10.8. The molecule has 0 fully saturated rings. The van der Waals surface area contributed by atoms with Crippen LogP contribution in [0.1, 0.15) is 16.0 Å². The van der Waals surface area contributed by atoms with Crippen LogP contribution in [0.5, 0.6) is 5.75 Å². The van der Waals surface area contributed by atoms with Gasteiger partial charge in [0.15, 0.2) is 0 Å². The molecule has 0 spiro atoms. The highest BCUT2D eigenvalue weighted by molar-refractivity contribution is 7.09. The van der Waals surface area contributed by atoms with Crippen LogP contribution in [0.3, 0.4) is 0 Å². The van der Waals surface area contributed by atoms with Gasteiger partial charge in [0.05, 0.1) is 6.61 Å². The molecule has 2 rings (SSSR count). The lowest BCUT2D eigenvalue weighted by molar-refractivity contribution is -0.131. The Morgan fingerprint density at radius 1 is 1.35 bits per heavy atom. The second kappa shape index (κ2) is 6.91. The van der Waals surface area contributed by atoms with Crippen LogP contribution >= 0.6 is 11.3 Å². The third-order valence-corrected chi connectivity index (χ3v) is 3.76.